The van der Waals surface area contributed by atoms with Crippen LogP contribution in [0.3, 0.4) is 0 Å². The van der Waals surface area contributed by atoms with Crippen molar-refractivity contribution in [3.8, 4) is 0 Å². The van der Waals surface area contributed by atoms with Crippen molar-refractivity contribution in [3.63, 3.8) is 0 Å². The molecule has 0 radical (unpaired) electrons. The van der Waals surface area contributed by atoms with Gasteiger partial charge in [0.05, 0.1) is 16.4 Å². The summed E-state index contributed by atoms with van der Waals surface area (Å²) < 4.78 is 3.10. The normalized spacial score (nSPS) is 11.2. The summed E-state index contributed by atoms with van der Waals surface area (Å²) in [7, 11) is 0. The molecule has 0 amide bonds. The molecule has 0 spiro atoms. The monoisotopic (exact) mass is 259 g/mol. The molecule has 0 aromatic carbocycles. The number of hydrogen-bond donors (Lipinski definition) is 1. The van der Waals surface area contributed by atoms with Crippen LogP contribution < -0.4 is 5.32 Å². The molecule has 0 fully saturated rings. The zero-order valence-corrected chi connectivity index (χ0v) is 10.6. The lowest BCUT2D eigenvalue weighted by molar-refractivity contribution is 0.524. The standard InChI is InChI=1S/C10H18BrN3/c1-4-14-10(9(11)6-13-14)7-12-5-8(2)3/h6,8,12H,4-5,7H2,1-3H3. The van der Waals surface area contributed by atoms with Crippen LogP contribution in [0.25, 0.3) is 0 Å². The largest absolute Gasteiger partial charge is 0.311 e. The SMILES string of the molecule is CCn1ncc(Br)c1CNCC(C)C. The van der Waals surface area contributed by atoms with E-state index in [1.54, 1.807) is 0 Å². The molecule has 0 aliphatic heterocycles. The zero-order chi connectivity index (χ0) is 10.6. The van der Waals surface area contributed by atoms with E-state index in [0.717, 1.165) is 24.1 Å². The second-order valence-electron chi connectivity index (χ2n) is 3.78. The van der Waals surface area contributed by atoms with Gasteiger partial charge in [0.15, 0.2) is 0 Å². The van der Waals surface area contributed by atoms with Gasteiger partial charge in [0.2, 0.25) is 0 Å². The highest BCUT2D eigenvalue weighted by Crippen LogP contribution is 2.15. The molecule has 0 aliphatic rings. The first-order valence-corrected chi connectivity index (χ1v) is 5.85. The van der Waals surface area contributed by atoms with Crippen LogP contribution in [-0.2, 0) is 13.1 Å². The Morgan fingerprint density at radius 1 is 1.57 bits per heavy atom. The average Bonchev–Trinajstić information content (AvgIpc) is 2.47. The molecule has 0 bridgehead atoms. The third kappa shape index (κ3) is 3.10. The molecular weight excluding hydrogens is 242 g/mol. The minimum absolute atomic E-state index is 0.687. The number of hydrogen-bond acceptors (Lipinski definition) is 2. The van der Waals surface area contributed by atoms with Gasteiger partial charge < -0.3 is 5.32 Å². The second kappa shape index (κ2) is 5.51. The minimum Gasteiger partial charge on any atom is -0.311 e. The lowest BCUT2D eigenvalue weighted by atomic mass is 10.2. The number of aromatic nitrogens is 2. The van der Waals surface area contributed by atoms with Crippen molar-refractivity contribution in [3.05, 3.63) is 16.4 Å². The maximum Gasteiger partial charge on any atom is 0.0664 e. The van der Waals surface area contributed by atoms with E-state index in [0.29, 0.717) is 5.92 Å². The van der Waals surface area contributed by atoms with Gasteiger partial charge in [-0.2, -0.15) is 5.10 Å². The Labute approximate surface area is 94.0 Å². The van der Waals surface area contributed by atoms with Crippen molar-refractivity contribution >= 4 is 15.9 Å². The summed E-state index contributed by atoms with van der Waals surface area (Å²) in [5.74, 6) is 0.687. The van der Waals surface area contributed by atoms with Crippen molar-refractivity contribution < 1.29 is 0 Å². The highest BCUT2D eigenvalue weighted by atomic mass is 79.9. The molecule has 0 saturated carbocycles. The van der Waals surface area contributed by atoms with Gasteiger partial charge >= 0.3 is 0 Å². The van der Waals surface area contributed by atoms with E-state index in [1.807, 2.05) is 10.9 Å². The number of halogens is 1. The molecule has 1 aromatic heterocycles. The number of nitrogens with one attached hydrogen (secondary N) is 1. The van der Waals surface area contributed by atoms with E-state index in [4.69, 9.17) is 0 Å². The van der Waals surface area contributed by atoms with Crippen molar-refractivity contribution in [2.75, 3.05) is 6.54 Å². The summed E-state index contributed by atoms with van der Waals surface area (Å²) in [6.45, 7) is 9.36. The molecule has 1 N–H and O–H groups in total. The Hall–Kier alpha value is -0.350. The van der Waals surface area contributed by atoms with Crippen LogP contribution in [0.5, 0.6) is 0 Å². The van der Waals surface area contributed by atoms with E-state index in [-0.39, 0.29) is 0 Å². The van der Waals surface area contributed by atoms with Gasteiger partial charge in [-0.25, -0.2) is 0 Å². The van der Waals surface area contributed by atoms with E-state index in [1.165, 1.54) is 5.69 Å². The van der Waals surface area contributed by atoms with Crippen LogP contribution in [0.2, 0.25) is 0 Å². The number of nitrogens with zero attached hydrogens (tertiary/aromatic N) is 2. The fraction of sp³-hybridized carbons (Fsp3) is 0.700. The van der Waals surface area contributed by atoms with Gasteiger partial charge in [0, 0.05) is 13.1 Å². The molecule has 1 heterocycles. The summed E-state index contributed by atoms with van der Waals surface area (Å²) in [4.78, 5) is 0. The molecule has 0 saturated heterocycles. The van der Waals surface area contributed by atoms with E-state index in [9.17, 15) is 0 Å². The Morgan fingerprint density at radius 2 is 2.29 bits per heavy atom. The molecular formula is C10H18BrN3. The summed E-state index contributed by atoms with van der Waals surface area (Å²) in [6.07, 6.45) is 1.86. The molecule has 3 nitrogen and oxygen atoms in total. The first kappa shape index (κ1) is 11.7. The molecule has 14 heavy (non-hydrogen) atoms. The van der Waals surface area contributed by atoms with E-state index < -0.39 is 0 Å². The van der Waals surface area contributed by atoms with Gasteiger partial charge in [-0.1, -0.05) is 13.8 Å². The topological polar surface area (TPSA) is 29.9 Å². The highest BCUT2D eigenvalue weighted by molar-refractivity contribution is 9.10. The van der Waals surface area contributed by atoms with Gasteiger partial charge in [0.25, 0.3) is 0 Å². The predicted molar refractivity (Wildman–Crippen MR) is 62.1 cm³/mol. The van der Waals surface area contributed by atoms with Crippen molar-refractivity contribution in [1.29, 1.82) is 0 Å². The number of aryl methyl sites for hydroxylation is 1. The number of rotatable bonds is 5. The quantitative estimate of drug-likeness (QED) is 0.881. The molecule has 1 rings (SSSR count). The highest BCUT2D eigenvalue weighted by Gasteiger charge is 2.06. The summed E-state index contributed by atoms with van der Waals surface area (Å²) >= 11 is 3.50. The first-order chi connectivity index (χ1) is 6.65. The van der Waals surface area contributed by atoms with Crippen LogP contribution in [0.1, 0.15) is 26.5 Å². The Balaban J connectivity index is 2.52. The maximum atomic E-state index is 4.26. The van der Waals surface area contributed by atoms with Gasteiger partial charge in [0.1, 0.15) is 0 Å². The zero-order valence-electron chi connectivity index (χ0n) is 9.05. The minimum atomic E-state index is 0.687. The fourth-order valence-electron chi connectivity index (χ4n) is 1.32. The molecule has 0 unspecified atom stereocenters. The lowest BCUT2D eigenvalue weighted by Gasteiger charge is -2.09. The summed E-state index contributed by atoms with van der Waals surface area (Å²) in [5.41, 5.74) is 1.23. The van der Waals surface area contributed by atoms with Crippen molar-refractivity contribution in [2.24, 2.45) is 5.92 Å². The summed E-state index contributed by atoms with van der Waals surface area (Å²) in [6, 6.07) is 0. The van der Waals surface area contributed by atoms with Crippen LogP contribution in [-0.4, -0.2) is 16.3 Å². The molecule has 80 valence electrons. The van der Waals surface area contributed by atoms with E-state index in [2.05, 4.69) is 47.1 Å². The third-order valence-electron chi connectivity index (χ3n) is 2.04. The Bertz CT molecular complexity index is 281. The molecule has 4 heteroatoms. The van der Waals surface area contributed by atoms with Crippen molar-refractivity contribution in [2.45, 2.75) is 33.9 Å². The Kier molecular flexibility index (Phi) is 4.62. The van der Waals surface area contributed by atoms with Crippen LogP contribution in [0.4, 0.5) is 0 Å². The van der Waals surface area contributed by atoms with Gasteiger partial charge in [-0.15, -0.1) is 0 Å². The predicted octanol–water partition coefficient (Wildman–Crippen LogP) is 2.41. The lowest BCUT2D eigenvalue weighted by Crippen LogP contribution is -2.21. The van der Waals surface area contributed by atoms with Crippen molar-refractivity contribution in [1.82, 2.24) is 15.1 Å². The van der Waals surface area contributed by atoms with Gasteiger partial charge in [-0.05, 0) is 35.3 Å². The van der Waals surface area contributed by atoms with Crippen LogP contribution in [0, 0.1) is 5.92 Å². The molecule has 1 aromatic rings. The maximum absolute atomic E-state index is 4.26. The fourth-order valence-corrected chi connectivity index (χ4v) is 1.75. The van der Waals surface area contributed by atoms with E-state index >= 15 is 0 Å². The Morgan fingerprint density at radius 3 is 2.86 bits per heavy atom. The molecule has 0 atom stereocenters. The molecule has 0 aliphatic carbocycles. The average molecular weight is 260 g/mol. The third-order valence-corrected chi connectivity index (χ3v) is 2.70. The first-order valence-electron chi connectivity index (χ1n) is 5.06. The van der Waals surface area contributed by atoms with Crippen LogP contribution >= 0.6 is 15.9 Å². The second-order valence-corrected chi connectivity index (χ2v) is 4.63. The smallest absolute Gasteiger partial charge is 0.0664 e. The van der Waals surface area contributed by atoms with Gasteiger partial charge in [-0.3, -0.25) is 4.68 Å². The van der Waals surface area contributed by atoms with Crippen LogP contribution in [0.15, 0.2) is 10.7 Å². The summed E-state index contributed by atoms with van der Waals surface area (Å²) in [5, 5.41) is 7.67.